The monoisotopic (exact) mass is 678 g/mol. The number of carboxylic acids is 3. The molecule has 4 saturated carbocycles. The fourth-order valence-electron chi connectivity index (χ4n) is 12.2. The van der Waals surface area contributed by atoms with Gasteiger partial charge in [0, 0.05) is 0 Å². The third kappa shape index (κ3) is 4.58. The summed E-state index contributed by atoms with van der Waals surface area (Å²) >= 11 is 0. The maximum absolute atomic E-state index is 13.3. The molecule has 0 bridgehead atoms. The summed E-state index contributed by atoms with van der Waals surface area (Å²) in [5, 5.41) is 72.7. The van der Waals surface area contributed by atoms with Crippen LogP contribution in [-0.4, -0.2) is 97.1 Å². The molecule has 48 heavy (non-hydrogen) atoms. The molecule has 0 unspecified atom stereocenters. The second kappa shape index (κ2) is 11.5. The Kier molecular flexibility index (Phi) is 8.53. The molecule has 6 rings (SSSR count). The van der Waals surface area contributed by atoms with Crippen molar-refractivity contribution in [1.82, 2.24) is 0 Å². The molecule has 0 amide bonds. The molecule has 0 aromatic heterocycles. The fourth-order valence-corrected chi connectivity index (χ4v) is 12.2. The third-order valence-electron chi connectivity index (χ3n) is 15.6. The summed E-state index contributed by atoms with van der Waals surface area (Å²) < 4.78 is 11.8. The van der Waals surface area contributed by atoms with E-state index < -0.39 is 88.4 Å². The zero-order chi connectivity index (χ0) is 35.4. The second-order valence-electron chi connectivity index (χ2n) is 17.3. The summed E-state index contributed by atoms with van der Waals surface area (Å²) in [7, 11) is 0. The molecule has 1 heterocycles. The van der Waals surface area contributed by atoms with Crippen molar-refractivity contribution < 1.29 is 59.6 Å². The molecule has 0 spiro atoms. The largest absolute Gasteiger partial charge is 0.481 e. The van der Waals surface area contributed by atoms with Crippen molar-refractivity contribution in [1.29, 1.82) is 0 Å². The van der Waals surface area contributed by atoms with Gasteiger partial charge in [0.1, 0.15) is 24.4 Å². The zero-order valence-electron chi connectivity index (χ0n) is 28.7. The Morgan fingerprint density at radius 3 is 2.08 bits per heavy atom. The number of hydrogen-bond acceptors (Lipinski definition) is 9. The minimum Gasteiger partial charge on any atom is -0.481 e. The van der Waals surface area contributed by atoms with E-state index in [2.05, 4.69) is 26.8 Å². The molecule has 1 saturated heterocycles. The molecule has 0 aromatic rings. The Bertz CT molecular complexity index is 1380. The van der Waals surface area contributed by atoms with Gasteiger partial charge in [-0.25, -0.2) is 0 Å². The van der Waals surface area contributed by atoms with Crippen LogP contribution in [0.4, 0.5) is 0 Å². The predicted molar refractivity (Wildman–Crippen MR) is 169 cm³/mol. The molecule has 12 heteroatoms. The summed E-state index contributed by atoms with van der Waals surface area (Å²) in [6.45, 7) is 9.51. The number of hydrogen-bond donors (Lipinski definition) is 7. The number of aliphatic carboxylic acids is 3. The molecular weight excluding hydrogens is 624 g/mol. The summed E-state index contributed by atoms with van der Waals surface area (Å²) in [6.07, 6.45) is -1.18. The molecular formula is C36H54O12. The van der Waals surface area contributed by atoms with Crippen molar-refractivity contribution in [3.63, 3.8) is 0 Å². The van der Waals surface area contributed by atoms with Gasteiger partial charge in [0.15, 0.2) is 6.29 Å². The van der Waals surface area contributed by atoms with Gasteiger partial charge in [0.25, 0.3) is 0 Å². The highest BCUT2D eigenvalue weighted by Crippen LogP contribution is 2.76. The normalized spacial score (nSPS) is 53.3. The van der Waals surface area contributed by atoms with Crippen molar-refractivity contribution in [3.8, 4) is 0 Å². The van der Waals surface area contributed by atoms with Crippen LogP contribution in [-0.2, 0) is 23.9 Å². The van der Waals surface area contributed by atoms with Crippen LogP contribution in [0.2, 0.25) is 0 Å². The molecule has 5 fully saturated rings. The van der Waals surface area contributed by atoms with E-state index >= 15 is 0 Å². The molecule has 0 aromatic carbocycles. The lowest BCUT2D eigenvalue weighted by atomic mass is 9.33. The van der Waals surface area contributed by atoms with E-state index in [0.29, 0.717) is 57.8 Å². The lowest BCUT2D eigenvalue weighted by molar-refractivity contribution is -0.329. The van der Waals surface area contributed by atoms with Crippen molar-refractivity contribution in [3.05, 3.63) is 11.6 Å². The summed E-state index contributed by atoms with van der Waals surface area (Å²) in [4.78, 5) is 38.7. The number of carbonyl (C=O) groups is 3. The summed E-state index contributed by atoms with van der Waals surface area (Å²) in [5.41, 5.74) is -3.45. The first-order valence-electron chi connectivity index (χ1n) is 17.6. The van der Waals surface area contributed by atoms with E-state index in [0.717, 1.165) is 5.57 Å². The average molecular weight is 679 g/mol. The topological polar surface area (TPSA) is 211 Å². The first-order valence-corrected chi connectivity index (χ1v) is 17.6. The van der Waals surface area contributed by atoms with Crippen LogP contribution < -0.4 is 0 Å². The molecule has 270 valence electrons. The van der Waals surface area contributed by atoms with Gasteiger partial charge in [-0.2, -0.15) is 0 Å². The summed E-state index contributed by atoms with van der Waals surface area (Å²) in [6, 6.07) is 0. The number of ether oxygens (including phenoxy) is 2. The Morgan fingerprint density at radius 1 is 0.812 bits per heavy atom. The van der Waals surface area contributed by atoms with Gasteiger partial charge in [0.05, 0.1) is 29.0 Å². The Labute approximate surface area is 281 Å². The SMILES string of the molecule is C[C@]1(C(=O)O)CC[C@]2(C(=O)O)CC[C@]3(C)C(=CC[C@@H]4[C@@]5(C)CC[C@H](O[C@@H]6O[C@H](CO)[C@@H](O)[C@H](O)[C@H]6O)[C@@](C)(C(=O)O)[C@@H]5CC[C@]43C)[C@@H]2C1. The number of fused-ring (bicyclic) bond motifs is 7. The van der Waals surface area contributed by atoms with Crippen LogP contribution in [0, 0.1) is 50.2 Å². The van der Waals surface area contributed by atoms with E-state index in [4.69, 9.17) is 9.47 Å². The van der Waals surface area contributed by atoms with Crippen LogP contribution in [0.3, 0.4) is 0 Å². The lowest BCUT2D eigenvalue weighted by Gasteiger charge is -2.71. The number of carboxylic acid groups (broad SMARTS) is 3. The highest BCUT2D eigenvalue weighted by Gasteiger charge is 2.71. The van der Waals surface area contributed by atoms with Crippen LogP contribution >= 0.6 is 0 Å². The Hall–Kier alpha value is -2.09. The maximum atomic E-state index is 13.3. The molecule has 6 aliphatic rings. The van der Waals surface area contributed by atoms with Crippen LogP contribution in [0.15, 0.2) is 11.6 Å². The first-order chi connectivity index (χ1) is 22.3. The molecule has 1 aliphatic heterocycles. The number of aliphatic hydroxyl groups is 4. The molecule has 12 nitrogen and oxygen atoms in total. The van der Waals surface area contributed by atoms with E-state index in [-0.39, 0.29) is 29.6 Å². The fraction of sp³-hybridized carbons (Fsp3) is 0.861. The predicted octanol–water partition coefficient (Wildman–Crippen LogP) is 3.19. The van der Waals surface area contributed by atoms with Gasteiger partial charge in [-0.3, -0.25) is 14.4 Å². The number of rotatable bonds is 6. The highest BCUT2D eigenvalue weighted by molar-refractivity contribution is 5.79. The molecule has 7 N–H and O–H groups in total. The maximum Gasteiger partial charge on any atom is 0.312 e. The van der Waals surface area contributed by atoms with Gasteiger partial charge in [0.2, 0.25) is 0 Å². The molecule has 0 radical (unpaired) electrons. The van der Waals surface area contributed by atoms with Crippen molar-refractivity contribution in [2.45, 2.75) is 136 Å². The van der Waals surface area contributed by atoms with E-state index in [1.165, 1.54) is 0 Å². The van der Waals surface area contributed by atoms with Crippen LogP contribution in [0.1, 0.15) is 98.8 Å². The first kappa shape index (κ1) is 35.7. The van der Waals surface area contributed by atoms with Gasteiger partial charge in [-0.15, -0.1) is 0 Å². The standard InChI is InChI=1S/C36H54O12/c1-31(28(41)42)12-14-36(30(45)46)15-13-33(3)18(19(36)16-31)6-7-21-32(2)10-9-23(35(5,29(43)44)22(32)8-11-34(21,33)4)48-27-26(40)25(39)24(38)20(17-37)47-27/h6,19-27,37-40H,7-17H2,1-5H3,(H,41,42)(H,43,44)(H,45,46)/t19-,20+,21+,22+,23-,24+,25-,26+,27-,31-,32+,33+,34+,35-,36-/m0/s1. The van der Waals surface area contributed by atoms with Crippen molar-refractivity contribution >= 4 is 17.9 Å². The number of allylic oxidation sites excluding steroid dienone is 2. The summed E-state index contributed by atoms with van der Waals surface area (Å²) in [5.74, 6) is -3.42. The van der Waals surface area contributed by atoms with Gasteiger partial charge < -0.3 is 45.2 Å². The smallest absolute Gasteiger partial charge is 0.312 e. The second-order valence-corrected chi connectivity index (χ2v) is 17.3. The zero-order valence-corrected chi connectivity index (χ0v) is 28.7. The van der Waals surface area contributed by atoms with Crippen LogP contribution in [0.5, 0.6) is 0 Å². The molecule has 5 aliphatic carbocycles. The minimum atomic E-state index is -1.64. The van der Waals surface area contributed by atoms with Gasteiger partial charge >= 0.3 is 17.9 Å². The minimum absolute atomic E-state index is 0.0659. The average Bonchev–Trinajstić information content (AvgIpc) is 3.02. The molecule has 15 atom stereocenters. The van der Waals surface area contributed by atoms with Gasteiger partial charge in [-0.05, 0) is 112 Å². The van der Waals surface area contributed by atoms with Crippen LogP contribution in [0.25, 0.3) is 0 Å². The van der Waals surface area contributed by atoms with Gasteiger partial charge in [-0.1, -0.05) is 32.4 Å². The van der Waals surface area contributed by atoms with Crippen molar-refractivity contribution in [2.24, 2.45) is 50.2 Å². The van der Waals surface area contributed by atoms with Crippen molar-refractivity contribution in [2.75, 3.05) is 6.61 Å². The lowest BCUT2D eigenvalue weighted by Crippen LogP contribution is -2.67. The Balaban J connectivity index is 1.34. The third-order valence-corrected chi connectivity index (χ3v) is 15.6. The number of aliphatic hydroxyl groups excluding tert-OH is 4. The van der Waals surface area contributed by atoms with E-state index in [9.17, 15) is 50.1 Å². The van der Waals surface area contributed by atoms with E-state index in [1.54, 1.807) is 13.8 Å². The highest BCUT2D eigenvalue weighted by atomic mass is 16.7. The van der Waals surface area contributed by atoms with E-state index in [1.807, 2.05) is 0 Å². The Morgan fingerprint density at radius 2 is 1.48 bits per heavy atom. The quantitative estimate of drug-likeness (QED) is 0.160.